The summed E-state index contributed by atoms with van der Waals surface area (Å²) in [7, 11) is 1.65. The Morgan fingerprint density at radius 3 is 2.54 bits per heavy atom. The molecule has 0 radical (unpaired) electrons. The summed E-state index contributed by atoms with van der Waals surface area (Å²) < 4.78 is 11.3. The van der Waals surface area contributed by atoms with Crippen LogP contribution >= 0.6 is 0 Å². The van der Waals surface area contributed by atoms with E-state index >= 15 is 0 Å². The van der Waals surface area contributed by atoms with E-state index in [4.69, 9.17) is 14.6 Å². The number of carbonyl (C=O) groups is 1. The van der Waals surface area contributed by atoms with Crippen LogP contribution in [0.1, 0.15) is 66.2 Å². The lowest BCUT2D eigenvalue weighted by Gasteiger charge is -2.62. The molecule has 4 nitrogen and oxygen atoms in total. The van der Waals surface area contributed by atoms with Crippen molar-refractivity contribution >= 4 is 5.97 Å². The van der Waals surface area contributed by atoms with Gasteiger partial charge in [-0.1, -0.05) is 33.3 Å². The Hall–Kier alpha value is -0.870. The Labute approximate surface area is 146 Å². The number of carboxylic acids is 1. The van der Waals surface area contributed by atoms with Crippen molar-refractivity contribution < 1.29 is 19.4 Å². The molecule has 0 saturated heterocycles. The SMILES string of the molecule is COCO[C@]1(C)CC[C@H]2C(C)(C)CCC[C@]2(C)[C@H]1C/C=C/C(=O)O. The second kappa shape index (κ2) is 7.17. The molecule has 0 aliphatic heterocycles. The number of methoxy groups -OCH3 is 1. The minimum absolute atomic E-state index is 0.172. The lowest BCUT2D eigenvalue weighted by atomic mass is 9.45. The average Bonchev–Trinajstić information content (AvgIpc) is 2.47. The third kappa shape index (κ3) is 3.70. The van der Waals surface area contributed by atoms with Gasteiger partial charge >= 0.3 is 5.97 Å². The highest BCUT2D eigenvalue weighted by molar-refractivity contribution is 5.79. The zero-order valence-electron chi connectivity index (χ0n) is 15.9. The van der Waals surface area contributed by atoms with E-state index in [1.807, 2.05) is 6.08 Å². The standard InChI is InChI=1S/C20H34O4/c1-18(2)11-7-12-19(3)15(18)10-13-20(4,24-14-23-5)16(19)8-6-9-17(21)22/h6,9,15-16H,7-8,10-14H2,1-5H3,(H,21,22)/b9-6+/t15-,16+,19-,20+/m0/s1. The molecule has 0 amide bonds. The molecule has 0 unspecified atom stereocenters. The molecular formula is C20H34O4. The zero-order chi connectivity index (χ0) is 18.0. The summed E-state index contributed by atoms with van der Waals surface area (Å²) in [5, 5.41) is 8.96. The van der Waals surface area contributed by atoms with Gasteiger partial charge in [-0.2, -0.15) is 0 Å². The number of hydrogen-bond donors (Lipinski definition) is 1. The number of fused-ring (bicyclic) bond motifs is 1. The second-order valence-electron chi connectivity index (χ2n) is 8.83. The van der Waals surface area contributed by atoms with E-state index in [0.29, 0.717) is 24.0 Å². The van der Waals surface area contributed by atoms with Crippen molar-refractivity contribution in [2.45, 2.75) is 71.8 Å². The lowest BCUT2D eigenvalue weighted by Crippen LogP contribution is -2.58. The average molecular weight is 338 g/mol. The minimum Gasteiger partial charge on any atom is -0.478 e. The van der Waals surface area contributed by atoms with Crippen molar-refractivity contribution in [3.8, 4) is 0 Å². The fourth-order valence-corrected chi connectivity index (χ4v) is 5.80. The Balaban J connectivity index is 2.34. The molecule has 24 heavy (non-hydrogen) atoms. The van der Waals surface area contributed by atoms with Crippen LogP contribution in [0.2, 0.25) is 0 Å². The van der Waals surface area contributed by atoms with Crippen LogP contribution in [0.25, 0.3) is 0 Å². The Bertz CT molecular complexity index is 484. The zero-order valence-corrected chi connectivity index (χ0v) is 15.9. The summed E-state index contributed by atoms with van der Waals surface area (Å²) in [6, 6.07) is 0. The molecule has 2 aliphatic carbocycles. The van der Waals surface area contributed by atoms with Crippen molar-refractivity contribution in [3.05, 3.63) is 12.2 Å². The van der Waals surface area contributed by atoms with Crippen LogP contribution < -0.4 is 0 Å². The molecule has 4 heteroatoms. The largest absolute Gasteiger partial charge is 0.478 e. The van der Waals surface area contributed by atoms with Crippen LogP contribution in [0.3, 0.4) is 0 Å². The first-order valence-corrected chi connectivity index (χ1v) is 9.18. The van der Waals surface area contributed by atoms with Crippen molar-refractivity contribution in [2.75, 3.05) is 13.9 Å². The van der Waals surface area contributed by atoms with Gasteiger partial charge in [0, 0.05) is 13.2 Å². The first-order chi connectivity index (χ1) is 11.2. The van der Waals surface area contributed by atoms with E-state index in [1.165, 1.54) is 31.8 Å². The van der Waals surface area contributed by atoms with Crippen LogP contribution in [0.15, 0.2) is 12.2 Å². The second-order valence-corrected chi connectivity index (χ2v) is 8.83. The summed E-state index contributed by atoms with van der Waals surface area (Å²) in [6.07, 6.45) is 9.72. The first kappa shape index (κ1) is 19.5. The molecule has 0 aromatic rings. The number of aliphatic carboxylic acids is 1. The molecule has 0 heterocycles. The highest BCUT2D eigenvalue weighted by Crippen LogP contribution is 2.63. The molecule has 138 valence electrons. The van der Waals surface area contributed by atoms with Gasteiger partial charge in [-0.05, 0) is 61.7 Å². The van der Waals surface area contributed by atoms with Gasteiger partial charge in [0.2, 0.25) is 0 Å². The lowest BCUT2D eigenvalue weighted by molar-refractivity contribution is -0.219. The Kier molecular flexibility index (Phi) is 5.81. The van der Waals surface area contributed by atoms with Crippen LogP contribution in [0, 0.1) is 22.7 Å². The third-order valence-electron chi connectivity index (χ3n) is 6.88. The van der Waals surface area contributed by atoms with E-state index in [9.17, 15) is 4.79 Å². The van der Waals surface area contributed by atoms with Crippen LogP contribution in [-0.4, -0.2) is 30.6 Å². The van der Waals surface area contributed by atoms with Gasteiger partial charge in [-0.3, -0.25) is 0 Å². The Morgan fingerprint density at radius 1 is 1.21 bits per heavy atom. The quantitative estimate of drug-likeness (QED) is 0.566. The topological polar surface area (TPSA) is 55.8 Å². The fraction of sp³-hybridized carbons (Fsp3) is 0.850. The first-order valence-electron chi connectivity index (χ1n) is 9.18. The van der Waals surface area contributed by atoms with E-state index < -0.39 is 5.97 Å². The van der Waals surface area contributed by atoms with Gasteiger partial charge in [-0.15, -0.1) is 0 Å². The summed E-state index contributed by atoms with van der Waals surface area (Å²) in [5.41, 5.74) is 0.243. The minimum atomic E-state index is -0.879. The van der Waals surface area contributed by atoms with Crippen LogP contribution in [0.5, 0.6) is 0 Å². The Morgan fingerprint density at radius 2 is 1.92 bits per heavy atom. The molecule has 4 atom stereocenters. The maximum atomic E-state index is 10.9. The number of allylic oxidation sites excluding steroid dienone is 1. The summed E-state index contributed by atoms with van der Waals surface area (Å²) >= 11 is 0. The fourth-order valence-electron chi connectivity index (χ4n) is 5.80. The van der Waals surface area contributed by atoms with Gasteiger partial charge in [-0.25, -0.2) is 4.79 Å². The third-order valence-corrected chi connectivity index (χ3v) is 6.88. The van der Waals surface area contributed by atoms with Crippen molar-refractivity contribution in [1.29, 1.82) is 0 Å². The highest BCUT2D eigenvalue weighted by Gasteiger charge is 2.58. The monoisotopic (exact) mass is 338 g/mol. The molecular weight excluding hydrogens is 304 g/mol. The molecule has 2 rings (SSSR count). The van der Waals surface area contributed by atoms with E-state index in [-0.39, 0.29) is 11.0 Å². The smallest absolute Gasteiger partial charge is 0.327 e. The predicted molar refractivity (Wildman–Crippen MR) is 94.7 cm³/mol. The maximum Gasteiger partial charge on any atom is 0.327 e. The number of rotatable bonds is 6. The van der Waals surface area contributed by atoms with E-state index in [1.54, 1.807) is 7.11 Å². The molecule has 0 aromatic carbocycles. The molecule has 0 spiro atoms. The number of hydrogen-bond acceptors (Lipinski definition) is 3. The molecule has 0 bridgehead atoms. The summed E-state index contributed by atoms with van der Waals surface area (Å²) in [6.45, 7) is 9.69. The molecule has 1 N–H and O–H groups in total. The molecule has 0 aromatic heterocycles. The molecule has 2 aliphatic rings. The molecule has 2 saturated carbocycles. The highest BCUT2D eigenvalue weighted by atomic mass is 16.7. The summed E-state index contributed by atoms with van der Waals surface area (Å²) in [4.78, 5) is 10.9. The predicted octanol–water partition coefficient (Wildman–Crippen LogP) is 4.64. The summed E-state index contributed by atoms with van der Waals surface area (Å²) in [5.74, 6) is 0.0753. The number of carboxylic acid groups (broad SMARTS) is 1. The molecule has 2 fully saturated rings. The van der Waals surface area contributed by atoms with Gasteiger partial charge in [0.1, 0.15) is 6.79 Å². The van der Waals surface area contributed by atoms with E-state index in [2.05, 4.69) is 27.7 Å². The van der Waals surface area contributed by atoms with Crippen molar-refractivity contribution in [3.63, 3.8) is 0 Å². The number of ether oxygens (including phenoxy) is 2. The van der Waals surface area contributed by atoms with Gasteiger partial charge in [0.25, 0.3) is 0 Å². The van der Waals surface area contributed by atoms with E-state index in [0.717, 1.165) is 12.8 Å². The maximum absolute atomic E-state index is 10.9. The van der Waals surface area contributed by atoms with Gasteiger partial charge in [0.15, 0.2) is 0 Å². The normalized spacial score (nSPS) is 38.9. The van der Waals surface area contributed by atoms with Crippen molar-refractivity contribution in [2.24, 2.45) is 22.7 Å². The van der Waals surface area contributed by atoms with Gasteiger partial charge in [0.05, 0.1) is 5.60 Å². The van der Waals surface area contributed by atoms with Crippen LogP contribution in [-0.2, 0) is 14.3 Å². The van der Waals surface area contributed by atoms with Crippen LogP contribution in [0.4, 0.5) is 0 Å². The van der Waals surface area contributed by atoms with Gasteiger partial charge < -0.3 is 14.6 Å². The van der Waals surface area contributed by atoms with Crippen molar-refractivity contribution in [1.82, 2.24) is 0 Å².